The maximum absolute atomic E-state index is 13.1. The van der Waals surface area contributed by atoms with Gasteiger partial charge in [0.2, 0.25) is 5.82 Å². The molecule has 0 fully saturated rings. The number of anilines is 1. The maximum atomic E-state index is 13.1. The van der Waals surface area contributed by atoms with Gasteiger partial charge < -0.3 is 5.32 Å². The molecule has 0 atom stereocenters. The zero-order valence-corrected chi connectivity index (χ0v) is 10.7. The summed E-state index contributed by atoms with van der Waals surface area (Å²) in [6.07, 6.45) is 0.825. The highest BCUT2D eigenvalue weighted by atomic mass is 35.5. The summed E-state index contributed by atoms with van der Waals surface area (Å²) in [5.41, 5.74) is -1.38. The van der Waals surface area contributed by atoms with Crippen molar-refractivity contribution in [2.75, 3.05) is 12.4 Å². The quantitative estimate of drug-likeness (QED) is 0.874. The maximum Gasteiger partial charge on any atom is 0.328 e. The first-order chi connectivity index (χ1) is 9.01. The third-order valence-corrected chi connectivity index (χ3v) is 2.81. The molecule has 100 valence electrons. The number of nitrogens with zero attached hydrogens (tertiary/aromatic N) is 2. The van der Waals surface area contributed by atoms with Crippen molar-refractivity contribution in [1.29, 1.82) is 0 Å². The predicted molar refractivity (Wildman–Crippen MR) is 69.2 cm³/mol. The average molecular weight is 285 g/mol. The second-order valence-electron chi connectivity index (χ2n) is 3.74. The molecule has 0 aliphatic rings. The van der Waals surface area contributed by atoms with Crippen LogP contribution < -0.4 is 16.6 Å². The largest absolute Gasteiger partial charge is 0.373 e. The van der Waals surface area contributed by atoms with Gasteiger partial charge in [0.05, 0.1) is 23.5 Å². The fraction of sp³-hybridized carbons (Fsp3) is 0.182. The second kappa shape index (κ2) is 5.23. The zero-order valence-electron chi connectivity index (χ0n) is 9.91. The van der Waals surface area contributed by atoms with Crippen LogP contribution in [-0.2, 0) is 6.54 Å². The Kier molecular flexibility index (Phi) is 3.66. The van der Waals surface area contributed by atoms with Gasteiger partial charge in [-0.3, -0.25) is 14.3 Å². The van der Waals surface area contributed by atoms with E-state index in [4.69, 9.17) is 11.6 Å². The molecule has 2 rings (SSSR count). The van der Waals surface area contributed by atoms with E-state index >= 15 is 0 Å². The van der Waals surface area contributed by atoms with Gasteiger partial charge in [-0.1, -0.05) is 11.6 Å². The Labute approximate surface area is 111 Å². The fourth-order valence-electron chi connectivity index (χ4n) is 1.50. The van der Waals surface area contributed by atoms with Crippen LogP contribution >= 0.6 is 11.6 Å². The van der Waals surface area contributed by atoms with E-state index in [1.54, 1.807) is 19.2 Å². The molecule has 8 heteroatoms. The van der Waals surface area contributed by atoms with Gasteiger partial charge in [0.1, 0.15) is 5.82 Å². The Bertz CT molecular complexity index is 725. The third kappa shape index (κ3) is 2.82. The van der Waals surface area contributed by atoms with E-state index < -0.39 is 17.1 Å². The lowest BCUT2D eigenvalue weighted by Crippen LogP contribution is -2.31. The summed E-state index contributed by atoms with van der Waals surface area (Å²) >= 11 is 5.96. The number of aromatic amines is 1. The molecule has 2 heterocycles. The first kappa shape index (κ1) is 13.3. The molecule has 2 aromatic heterocycles. The minimum absolute atomic E-state index is 0.0408. The lowest BCUT2D eigenvalue weighted by Gasteiger charge is -2.08. The fourth-order valence-corrected chi connectivity index (χ4v) is 1.66. The van der Waals surface area contributed by atoms with Gasteiger partial charge in [-0.25, -0.2) is 9.78 Å². The van der Waals surface area contributed by atoms with Crippen molar-refractivity contribution in [2.45, 2.75) is 6.54 Å². The molecule has 0 aliphatic carbocycles. The summed E-state index contributed by atoms with van der Waals surface area (Å²) < 4.78 is 14.1. The summed E-state index contributed by atoms with van der Waals surface area (Å²) in [5, 5.41) is 3.17. The number of nitrogens with one attached hydrogen (secondary N) is 2. The monoisotopic (exact) mass is 284 g/mol. The number of hydrogen-bond acceptors (Lipinski definition) is 4. The number of aromatic nitrogens is 3. The van der Waals surface area contributed by atoms with E-state index in [9.17, 15) is 14.0 Å². The second-order valence-corrected chi connectivity index (χ2v) is 4.15. The number of halogens is 2. The SMILES string of the molecule is CNc1ccc(Cl)c(Cn2cc(F)c(=O)[nH]c2=O)n1. The van der Waals surface area contributed by atoms with Crippen molar-refractivity contribution in [2.24, 2.45) is 0 Å². The standard InChI is InChI=1S/C11H10ClFN4O2/c1-14-9-3-2-6(12)8(15-9)5-17-4-7(13)10(18)16-11(17)19/h2-4H,5H2,1H3,(H,14,15)(H,16,18,19). The Balaban J connectivity index is 2.44. The number of hydrogen-bond donors (Lipinski definition) is 2. The molecule has 2 N–H and O–H groups in total. The Morgan fingerprint density at radius 2 is 2.21 bits per heavy atom. The van der Waals surface area contributed by atoms with Gasteiger partial charge >= 0.3 is 5.69 Å². The molecule has 0 radical (unpaired) electrons. The van der Waals surface area contributed by atoms with Crippen molar-refractivity contribution in [3.8, 4) is 0 Å². The molecule has 0 spiro atoms. The molecular weight excluding hydrogens is 275 g/mol. The average Bonchev–Trinajstić information content (AvgIpc) is 2.38. The van der Waals surface area contributed by atoms with Crippen LogP contribution in [0, 0.1) is 5.82 Å². The summed E-state index contributed by atoms with van der Waals surface area (Å²) in [6.45, 7) is -0.0408. The molecule has 6 nitrogen and oxygen atoms in total. The Hall–Kier alpha value is -2.15. The number of H-pyrrole nitrogens is 1. The molecular formula is C11H10ClFN4O2. The first-order valence-electron chi connectivity index (χ1n) is 5.33. The summed E-state index contributed by atoms with van der Waals surface area (Å²) in [6, 6.07) is 3.28. The van der Waals surface area contributed by atoms with Crippen LogP contribution in [0.4, 0.5) is 10.2 Å². The van der Waals surface area contributed by atoms with Crippen LogP contribution in [0.2, 0.25) is 5.02 Å². The summed E-state index contributed by atoms with van der Waals surface area (Å²) in [5.74, 6) is -0.474. The Morgan fingerprint density at radius 1 is 1.47 bits per heavy atom. The highest BCUT2D eigenvalue weighted by molar-refractivity contribution is 6.31. The topological polar surface area (TPSA) is 79.8 Å². The van der Waals surface area contributed by atoms with E-state index in [0.717, 1.165) is 10.8 Å². The Morgan fingerprint density at radius 3 is 2.89 bits per heavy atom. The van der Waals surface area contributed by atoms with Gasteiger partial charge in [0.25, 0.3) is 5.56 Å². The van der Waals surface area contributed by atoms with E-state index in [-0.39, 0.29) is 6.54 Å². The lowest BCUT2D eigenvalue weighted by molar-refractivity contribution is 0.564. The van der Waals surface area contributed by atoms with Crippen molar-refractivity contribution < 1.29 is 4.39 Å². The van der Waals surface area contributed by atoms with Gasteiger partial charge in [-0.15, -0.1) is 0 Å². The zero-order chi connectivity index (χ0) is 14.0. The van der Waals surface area contributed by atoms with Crippen LogP contribution in [0.5, 0.6) is 0 Å². The van der Waals surface area contributed by atoms with Crippen molar-refractivity contribution in [1.82, 2.24) is 14.5 Å². The molecule has 0 saturated carbocycles. The van der Waals surface area contributed by atoms with Gasteiger partial charge in [-0.05, 0) is 12.1 Å². The normalized spacial score (nSPS) is 10.5. The van der Waals surface area contributed by atoms with E-state index in [2.05, 4.69) is 10.3 Å². The minimum atomic E-state index is -1.05. The molecule has 0 amide bonds. The van der Waals surface area contributed by atoms with Gasteiger partial charge in [0.15, 0.2) is 0 Å². The van der Waals surface area contributed by atoms with Crippen molar-refractivity contribution in [3.05, 3.63) is 55.7 Å². The van der Waals surface area contributed by atoms with Crippen LogP contribution in [0.1, 0.15) is 5.69 Å². The van der Waals surface area contributed by atoms with E-state index in [1.807, 2.05) is 4.98 Å². The predicted octanol–water partition coefficient (Wildman–Crippen LogP) is 0.814. The third-order valence-electron chi connectivity index (χ3n) is 2.46. The highest BCUT2D eigenvalue weighted by Gasteiger charge is 2.08. The van der Waals surface area contributed by atoms with E-state index in [0.29, 0.717) is 16.5 Å². The molecule has 0 unspecified atom stereocenters. The molecule has 0 saturated heterocycles. The van der Waals surface area contributed by atoms with Crippen molar-refractivity contribution in [3.63, 3.8) is 0 Å². The summed E-state index contributed by atoms with van der Waals surface area (Å²) in [7, 11) is 1.69. The molecule has 0 aromatic carbocycles. The molecule has 0 aliphatic heterocycles. The van der Waals surface area contributed by atoms with Crippen LogP contribution in [0.25, 0.3) is 0 Å². The molecule has 19 heavy (non-hydrogen) atoms. The van der Waals surface area contributed by atoms with Crippen LogP contribution in [0.15, 0.2) is 27.9 Å². The smallest absolute Gasteiger partial charge is 0.328 e. The molecule has 2 aromatic rings. The number of rotatable bonds is 3. The lowest BCUT2D eigenvalue weighted by atomic mass is 10.3. The highest BCUT2D eigenvalue weighted by Crippen LogP contribution is 2.16. The first-order valence-corrected chi connectivity index (χ1v) is 5.71. The van der Waals surface area contributed by atoms with E-state index in [1.165, 1.54) is 0 Å². The van der Waals surface area contributed by atoms with Crippen molar-refractivity contribution >= 4 is 17.4 Å². The van der Waals surface area contributed by atoms with Crippen LogP contribution in [-0.4, -0.2) is 21.6 Å². The minimum Gasteiger partial charge on any atom is -0.373 e. The van der Waals surface area contributed by atoms with Gasteiger partial charge in [-0.2, -0.15) is 4.39 Å². The molecule has 0 bridgehead atoms. The van der Waals surface area contributed by atoms with Gasteiger partial charge in [0, 0.05) is 7.05 Å². The van der Waals surface area contributed by atoms with Crippen LogP contribution in [0.3, 0.4) is 0 Å². The number of pyridine rings is 1. The summed E-state index contributed by atoms with van der Waals surface area (Å²) in [4.78, 5) is 28.5.